The molecule has 0 saturated heterocycles. The summed E-state index contributed by atoms with van der Waals surface area (Å²) in [5.41, 5.74) is 2.12. The Balaban J connectivity index is 1.46. The van der Waals surface area contributed by atoms with E-state index in [0.29, 0.717) is 17.9 Å². The molecule has 0 aliphatic heterocycles. The quantitative estimate of drug-likeness (QED) is 0.642. The van der Waals surface area contributed by atoms with Gasteiger partial charge in [-0.2, -0.15) is 0 Å². The second kappa shape index (κ2) is 7.66. The van der Waals surface area contributed by atoms with Crippen molar-refractivity contribution >= 4 is 23.4 Å². The topological polar surface area (TPSA) is 59.8 Å². The third-order valence-corrected chi connectivity index (χ3v) is 6.62. The normalized spacial score (nSPS) is 18.9. The zero-order chi connectivity index (χ0) is 19.0. The van der Waals surface area contributed by atoms with E-state index in [1.807, 2.05) is 25.1 Å². The molecule has 1 heterocycles. The monoisotopic (exact) mass is 384 g/mol. The van der Waals surface area contributed by atoms with Crippen molar-refractivity contribution in [2.75, 3.05) is 5.32 Å². The molecule has 2 atom stereocenters. The number of amides is 1. The highest BCUT2D eigenvalue weighted by Crippen LogP contribution is 2.46. The van der Waals surface area contributed by atoms with Gasteiger partial charge in [-0.15, -0.1) is 10.2 Å². The SMILES string of the molecule is CC[C@H](C)c1ccccc1NC(=O)[C@H](C)Sc1nnc(C2CC2)n1C1CC1. The number of para-hydroxylation sites is 1. The van der Waals surface area contributed by atoms with Gasteiger partial charge in [0.2, 0.25) is 5.91 Å². The van der Waals surface area contributed by atoms with E-state index in [0.717, 1.165) is 23.1 Å². The molecule has 4 rings (SSSR count). The molecule has 2 aliphatic carbocycles. The van der Waals surface area contributed by atoms with Crippen LogP contribution in [0.2, 0.25) is 0 Å². The Morgan fingerprint density at radius 3 is 2.63 bits per heavy atom. The molecule has 2 aliphatic rings. The molecule has 0 unspecified atom stereocenters. The van der Waals surface area contributed by atoms with Gasteiger partial charge in [0.25, 0.3) is 0 Å². The number of hydrogen-bond donors (Lipinski definition) is 1. The number of nitrogens with zero attached hydrogens (tertiary/aromatic N) is 3. The average molecular weight is 385 g/mol. The molecule has 6 heteroatoms. The van der Waals surface area contributed by atoms with E-state index >= 15 is 0 Å². The highest BCUT2D eigenvalue weighted by atomic mass is 32.2. The maximum absolute atomic E-state index is 12.8. The van der Waals surface area contributed by atoms with Crippen molar-refractivity contribution in [1.29, 1.82) is 0 Å². The number of nitrogens with one attached hydrogen (secondary N) is 1. The molecule has 2 saturated carbocycles. The highest BCUT2D eigenvalue weighted by molar-refractivity contribution is 8.00. The fourth-order valence-electron chi connectivity index (χ4n) is 3.37. The minimum Gasteiger partial charge on any atom is -0.325 e. The van der Waals surface area contributed by atoms with E-state index < -0.39 is 0 Å². The van der Waals surface area contributed by atoms with Gasteiger partial charge in [-0.3, -0.25) is 4.79 Å². The zero-order valence-corrected chi connectivity index (χ0v) is 17.1. The maximum Gasteiger partial charge on any atom is 0.237 e. The predicted molar refractivity (Wildman–Crippen MR) is 109 cm³/mol. The lowest BCUT2D eigenvalue weighted by Crippen LogP contribution is -2.23. The molecule has 0 spiro atoms. The van der Waals surface area contributed by atoms with E-state index in [1.165, 1.54) is 43.0 Å². The van der Waals surface area contributed by atoms with Crippen molar-refractivity contribution in [3.63, 3.8) is 0 Å². The molecule has 1 amide bonds. The Labute approximate surface area is 165 Å². The van der Waals surface area contributed by atoms with Crippen molar-refractivity contribution in [3.05, 3.63) is 35.7 Å². The van der Waals surface area contributed by atoms with E-state index in [1.54, 1.807) is 0 Å². The Hall–Kier alpha value is -1.82. The molecule has 5 nitrogen and oxygen atoms in total. The molecule has 1 aromatic heterocycles. The number of rotatable bonds is 8. The number of thioether (sulfide) groups is 1. The molecule has 2 fully saturated rings. The first-order valence-corrected chi connectivity index (χ1v) is 11.0. The molecule has 0 radical (unpaired) electrons. The van der Waals surface area contributed by atoms with E-state index in [2.05, 4.69) is 40.0 Å². The van der Waals surface area contributed by atoms with Crippen molar-refractivity contribution in [2.45, 2.75) is 81.2 Å². The van der Waals surface area contributed by atoms with Crippen LogP contribution in [0.3, 0.4) is 0 Å². The lowest BCUT2D eigenvalue weighted by atomic mass is 9.97. The van der Waals surface area contributed by atoms with Gasteiger partial charge in [0, 0.05) is 17.6 Å². The molecular formula is C21H28N4OS. The Kier molecular flexibility index (Phi) is 5.26. The van der Waals surface area contributed by atoms with Crippen LogP contribution in [0, 0.1) is 0 Å². The second-order valence-electron chi connectivity index (χ2n) is 7.86. The zero-order valence-electron chi connectivity index (χ0n) is 16.3. The van der Waals surface area contributed by atoms with Crippen molar-refractivity contribution in [2.24, 2.45) is 0 Å². The Morgan fingerprint density at radius 2 is 1.96 bits per heavy atom. The van der Waals surface area contributed by atoms with Gasteiger partial charge in [0.05, 0.1) is 5.25 Å². The number of anilines is 1. The van der Waals surface area contributed by atoms with Crippen molar-refractivity contribution in [1.82, 2.24) is 14.8 Å². The van der Waals surface area contributed by atoms with Gasteiger partial charge in [0.15, 0.2) is 5.16 Å². The first-order chi connectivity index (χ1) is 13.1. The molecule has 2 aromatic rings. The summed E-state index contributed by atoms with van der Waals surface area (Å²) >= 11 is 1.53. The minimum absolute atomic E-state index is 0.0223. The first-order valence-electron chi connectivity index (χ1n) is 10.1. The van der Waals surface area contributed by atoms with E-state index in [9.17, 15) is 4.79 Å². The average Bonchev–Trinajstić information content (AvgIpc) is 3.60. The fourth-order valence-corrected chi connectivity index (χ4v) is 4.30. The van der Waals surface area contributed by atoms with Crippen molar-refractivity contribution in [3.8, 4) is 0 Å². The molecule has 0 bridgehead atoms. The molecule has 1 N–H and O–H groups in total. The lowest BCUT2D eigenvalue weighted by molar-refractivity contribution is -0.115. The van der Waals surface area contributed by atoms with Crippen LogP contribution >= 0.6 is 11.8 Å². The summed E-state index contributed by atoms with van der Waals surface area (Å²) in [5.74, 6) is 2.16. The summed E-state index contributed by atoms with van der Waals surface area (Å²) in [6.45, 7) is 6.32. The lowest BCUT2D eigenvalue weighted by Gasteiger charge is -2.18. The number of carbonyl (C=O) groups excluding carboxylic acids is 1. The predicted octanol–water partition coefficient (Wildman–Crippen LogP) is 5.12. The first kappa shape index (κ1) is 18.5. The smallest absolute Gasteiger partial charge is 0.237 e. The van der Waals surface area contributed by atoms with Gasteiger partial charge < -0.3 is 9.88 Å². The molecular weight excluding hydrogens is 356 g/mol. The third-order valence-electron chi connectivity index (χ3n) is 5.56. The molecule has 144 valence electrons. The van der Waals surface area contributed by atoms with Crippen LogP contribution in [-0.2, 0) is 4.79 Å². The van der Waals surface area contributed by atoms with Crippen LogP contribution in [-0.4, -0.2) is 25.9 Å². The highest BCUT2D eigenvalue weighted by Gasteiger charge is 2.37. The van der Waals surface area contributed by atoms with Crippen LogP contribution in [0.5, 0.6) is 0 Å². The summed E-state index contributed by atoms with van der Waals surface area (Å²) in [4.78, 5) is 12.8. The molecule has 27 heavy (non-hydrogen) atoms. The second-order valence-corrected chi connectivity index (χ2v) is 9.17. The van der Waals surface area contributed by atoms with Gasteiger partial charge in [0.1, 0.15) is 5.82 Å². The van der Waals surface area contributed by atoms with Crippen LogP contribution < -0.4 is 5.32 Å². The summed E-state index contributed by atoms with van der Waals surface area (Å²) in [6, 6.07) is 8.65. The molecule has 1 aromatic carbocycles. The maximum atomic E-state index is 12.8. The van der Waals surface area contributed by atoms with Gasteiger partial charge in [-0.1, -0.05) is 43.8 Å². The minimum atomic E-state index is -0.219. The summed E-state index contributed by atoms with van der Waals surface area (Å²) in [6.07, 6.45) is 5.89. The van der Waals surface area contributed by atoms with E-state index in [-0.39, 0.29) is 11.2 Å². The standard InChI is InChI=1S/C21H28N4OS/c1-4-13(2)17-7-5-6-8-18(17)22-20(26)14(3)27-21-24-23-19(15-9-10-15)25(21)16-11-12-16/h5-8,13-16H,4,9-12H2,1-3H3,(H,22,26)/t13-,14-/m0/s1. The number of aromatic nitrogens is 3. The van der Waals surface area contributed by atoms with E-state index in [4.69, 9.17) is 0 Å². The number of carbonyl (C=O) groups is 1. The van der Waals surface area contributed by atoms with Gasteiger partial charge >= 0.3 is 0 Å². The van der Waals surface area contributed by atoms with Crippen LogP contribution in [0.1, 0.15) is 82.1 Å². The van der Waals surface area contributed by atoms with Crippen molar-refractivity contribution < 1.29 is 4.79 Å². The summed E-state index contributed by atoms with van der Waals surface area (Å²) < 4.78 is 2.30. The van der Waals surface area contributed by atoms with Gasteiger partial charge in [-0.25, -0.2) is 0 Å². The largest absolute Gasteiger partial charge is 0.325 e. The van der Waals surface area contributed by atoms with Crippen LogP contribution in [0.4, 0.5) is 5.69 Å². The van der Waals surface area contributed by atoms with Crippen LogP contribution in [0.25, 0.3) is 0 Å². The third kappa shape index (κ3) is 4.05. The van der Waals surface area contributed by atoms with Gasteiger partial charge in [-0.05, 0) is 56.6 Å². The number of benzene rings is 1. The summed E-state index contributed by atoms with van der Waals surface area (Å²) in [5, 5.41) is 12.7. The number of hydrogen-bond acceptors (Lipinski definition) is 4. The van der Waals surface area contributed by atoms with Crippen LogP contribution in [0.15, 0.2) is 29.4 Å². The summed E-state index contributed by atoms with van der Waals surface area (Å²) in [7, 11) is 0. The fraction of sp³-hybridized carbons (Fsp3) is 0.571. The Morgan fingerprint density at radius 1 is 1.22 bits per heavy atom. The Bertz CT molecular complexity index is 825.